The second kappa shape index (κ2) is 8.73. The quantitative estimate of drug-likeness (QED) is 0.784. The van der Waals surface area contributed by atoms with Crippen LogP contribution in [0.3, 0.4) is 0 Å². The van der Waals surface area contributed by atoms with E-state index in [-0.39, 0.29) is 28.6 Å². The van der Waals surface area contributed by atoms with Gasteiger partial charge >= 0.3 is 6.09 Å². The van der Waals surface area contributed by atoms with Gasteiger partial charge in [0.1, 0.15) is 23.8 Å². The molecular weight excluding hydrogens is 374 g/mol. The van der Waals surface area contributed by atoms with E-state index in [1.54, 1.807) is 20.8 Å². The molecular formula is C19H22F2N2O5. The Labute approximate surface area is 161 Å². The maximum absolute atomic E-state index is 14.3. The summed E-state index contributed by atoms with van der Waals surface area (Å²) in [6, 6.07) is 4.08. The fraction of sp³-hybridized carbons (Fsp3) is 0.368. The lowest BCUT2D eigenvalue weighted by atomic mass is 10.1. The Balaban J connectivity index is 2.07. The zero-order chi connectivity index (χ0) is 20.9. The summed E-state index contributed by atoms with van der Waals surface area (Å²) < 4.78 is 48.9. The second-order valence-electron chi connectivity index (χ2n) is 6.68. The number of pyridine rings is 1. The summed E-state index contributed by atoms with van der Waals surface area (Å²) >= 11 is 0. The number of anilines is 1. The van der Waals surface area contributed by atoms with Crippen LogP contribution in [0.25, 0.3) is 0 Å². The number of methoxy groups -OCH3 is 2. The van der Waals surface area contributed by atoms with Crippen LogP contribution >= 0.6 is 0 Å². The van der Waals surface area contributed by atoms with Gasteiger partial charge in [-0.05, 0) is 32.9 Å². The van der Waals surface area contributed by atoms with Crippen molar-refractivity contribution in [3.63, 3.8) is 0 Å². The number of carbonyl (C=O) groups excluding carboxylic acids is 1. The summed E-state index contributed by atoms with van der Waals surface area (Å²) in [5.74, 6) is -1.59. The highest BCUT2D eigenvalue weighted by molar-refractivity contribution is 5.83. The molecule has 1 aromatic carbocycles. The van der Waals surface area contributed by atoms with E-state index in [1.807, 2.05) is 0 Å². The van der Waals surface area contributed by atoms with Crippen molar-refractivity contribution in [2.45, 2.75) is 33.0 Å². The first-order valence-electron chi connectivity index (χ1n) is 8.32. The van der Waals surface area contributed by atoms with Crippen LogP contribution in [-0.4, -0.2) is 30.9 Å². The Bertz CT molecular complexity index is 807. The summed E-state index contributed by atoms with van der Waals surface area (Å²) in [5.41, 5.74) is -0.980. The van der Waals surface area contributed by atoms with Crippen molar-refractivity contribution in [1.29, 1.82) is 0 Å². The number of halogens is 2. The van der Waals surface area contributed by atoms with Crippen molar-refractivity contribution >= 4 is 11.9 Å². The van der Waals surface area contributed by atoms with Crippen LogP contribution in [0.1, 0.15) is 26.3 Å². The van der Waals surface area contributed by atoms with Gasteiger partial charge in [0.15, 0.2) is 23.1 Å². The summed E-state index contributed by atoms with van der Waals surface area (Å²) in [7, 11) is 2.53. The fourth-order valence-electron chi connectivity index (χ4n) is 2.17. The molecule has 0 aliphatic heterocycles. The molecule has 0 saturated heterocycles. The van der Waals surface area contributed by atoms with E-state index in [9.17, 15) is 13.6 Å². The molecule has 0 spiro atoms. The van der Waals surface area contributed by atoms with Gasteiger partial charge in [-0.3, -0.25) is 5.32 Å². The molecule has 1 aromatic heterocycles. The number of nitrogens with zero attached hydrogens (tertiary/aromatic N) is 1. The maximum Gasteiger partial charge on any atom is 0.413 e. The van der Waals surface area contributed by atoms with E-state index in [2.05, 4.69) is 10.3 Å². The summed E-state index contributed by atoms with van der Waals surface area (Å²) in [6.45, 7) is 4.81. The number of hydrogen-bond donors (Lipinski definition) is 1. The van der Waals surface area contributed by atoms with Gasteiger partial charge in [0.25, 0.3) is 0 Å². The zero-order valence-electron chi connectivity index (χ0n) is 16.3. The fourth-order valence-corrected chi connectivity index (χ4v) is 2.17. The molecule has 0 saturated carbocycles. The van der Waals surface area contributed by atoms with Gasteiger partial charge in [-0.1, -0.05) is 0 Å². The molecule has 1 heterocycles. The van der Waals surface area contributed by atoms with Gasteiger partial charge in [-0.25, -0.2) is 18.6 Å². The van der Waals surface area contributed by atoms with E-state index in [0.717, 1.165) is 6.07 Å². The number of amides is 1. The first-order valence-corrected chi connectivity index (χ1v) is 8.32. The molecule has 0 bridgehead atoms. The zero-order valence-corrected chi connectivity index (χ0v) is 16.3. The molecule has 0 fully saturated rings. The molecule has 0 aliphatic rings. The van der Waals surface area contributed by atoms with Gasteiger partial charge < -0.3 is 18.9 Å². The predicted molar refractivity (Wildman–Crippen MR) is 97.9 cm³/mol. The number of nitrogens with one attached hydrogen (secondary N) is 1. The van der Waals surface area contributed by atoms with Gasteiger partial charge in [0.2, 0.25) is 0 Å². The summed E-state index contributed by atoms with van der Waals surface area (Å²) in [5, 5.41) is 2.47. The van der Waals surface area contributed by atoms with Crippen molar-refractivity contribution < 1.29 is 32.5 Å². The van der Waals surface area contributed by atoms with Gasteiger partial charge in [0, 0.05) is 6.07 Å². The topological polar surface area (TPSA) is 78.9 Å². The van der Waals surface area contributed by atoms with Gasteiger partial charge in [-0.15, -0.1) is 0 Å². The number of carbonyl (C=O) groups is 1. The van der Waals surface area contributed by atoms with E-state index < -0.39 is 29.9 Å². The molecule has 0 aliphatic carbocycles. The largest absolute Gasteiger partial charge is 0.494 e. The van der Waals surface area contributed by atoms with Crippen molar-refractivity contribution in [3.05, 3.63) is 41.6 Å². The normalized spacial score (nSPS) is 11.0. The second-order valence-corrected chi connectivity index (χ2v) is 6.68. The average molecular weight is 396 g/mol. The van der Waals surface area contributed by atoms with Crippen LogP contribution in [0.2, 0.25) is 0 Å². The molecule has 1 N–H and O–H groups in total. The highest BCUT2D eigenvalue weighted by Gasteiger charge is 2.21. The lowest BCUT2D eigenvalue weighted by Crippen LogP contribution is -2.27. The van der Waals surface area contributed by atoms with Crippen molar-refractivity contribution in [1.82, 2.24) is 4.98 Å². The predicted octanol–water partition coefficient (Wildman–Crippen LogP) is 4.30. The van der Waals surface area contributed by atoms with Crippen LogP contribution in [-0.2, 0) is 11.3 Å². The Morgan fingerprint density at radius 2 is 1.71 bits per heavy atom. The van der Waals surface area contributed by atoms with E-state index in [1.165, 1.54) is 32.5 Å². The highest BCUT2D eigenvalue weighted by atomic mass is 19.1. The van der Waals surface area contributed by atoms with E-state index in [4.69, 9.17) is 18.9 Å². The Hall–Kier alpha value is -3.10. The number of aromatic nitrogens is 1. The van der Waals surface area contributed by atoms with Gasteiger partial charge in [-0.2, -0.15) is 0 Å². The molecule has 28 heavy (non-hydrogen) atoms. The smallest absolute Gasteiger partial charge is 0.413 e. The SMILES string of the molecule is COc1cc(OC)c(F)c(COc2ccc(NC(=O)OC(C)(C)C)nc2)c1F. The van der Waals surface area contributed by atoms with Crippen LogP contribution in [0.4, 0.5) is 19.4 Å². The average Bonchev–Trinajstić information content (AvgIpc) is 2.61. The van der Waals surface area contributed by atoms with Crippen molar-refractivity contribution in [2.24, 2.45) is 0 Å². The Kier molecular flexibility index (Phi) is 6.61. The third kappa shape index (κ3) is 5.45. The number of rotatable bonds is 6. The minimum atomic E-state index is -0.878. The Morgan fingerprint density at radius 3 is 2.18 bits per heavy atom. The van der Waals surface area contributed by atoms with Crippen molar-refractivity contribution in [2.75, 3.05) is 19.5 Å². The van der Waals surface area contributed by atoms with Gasteiger partial charge in [0.05, 0.1) is 26.0 Å². The molecule has 9 heteroatoms. The van der Waals surface area contributed by atoms with E-state index in [0.29, 0.717) is 0 Å². The molecule has 2 aromatic rings. The van der Waals surface area contributed by atoms with Crippen LogP contribution in [0.15, 0.2) is 24.4 Å². The molecule has 0 atom stereocenters. The number of ether oxygens (including phenoxy) is 4. The molecule has 152 valence electrons. The van der Waals surface area contributed by atoms with Crippen LogP contribution in [0.5, 0.6) is 17.2 Å². The monoisotopic (exact) mass is 396 g/mol. The first-order chi connectivity index (χ1) is 13.1. The Morgan fingerprint density at radius 1 is 1.11 bits per heavy atom. The lowest BCUT2D eigenvalue weighted by Gasteiger charge is -2.19. The lowest BCUT2D eigenvalue weighted by molar-refractivity contribution is 0.0635. The minimum absolute atomic E-state index is 0.160. The first kappa shape index (κ1) is 21.2. The van der Waals surface area contributed by atoms with Crippen LogP contribution < -0.4 is 19.5 Å². The molecule has 7 nitrogen and oxygen atoms in total. The number of benzene rings is 1. The molecule has 0 radical (unpaired) electrons. The maximum atomic E-state index is 14.3. The highest BCUT2D eigenvalue weighted by Crippen LogP contribution is 2.32. The van der Waals surface area contributed by atoms with Crippen molar-refractivity contribution in [3.8, 4) is 17.2 Å². The van der Waals surface area contributed by atoms with E-state index >= 15 is 0 Å². The third-order valence-corrected chi connectivity index (χ3v) is 3.41. The standard InChI is InChI=1S/C19H22F2N2O5/c1-19(2,3)28-18(24)23-15-7-6-11(9-22-15)27-10-12-16(20)13(25-4)8-14(26-5)17(12)21/h6-9H,10H2,1-5H3,(H,22,23,24). The molecule has 0 unspecified atom stereocenters. The third-order valence-electron chi connectivity index (χ3n) is 3.41. The minimum Gasteiger partial charge on any atom is -0.494 e. The van der Waals surface area contributed by atoms with Crippen LogP contribution in [0, 0.1) is 11.6 Å². The molecule has 1 amide bonds. The summed E-state index contributed by atoms with van der Waals surface area (Å²) in [6.07, 6.45) is 0.654. The summed E-state index contributed by atoms with van der Waals surface area (Å²) in [4.78, 5) is 15.7. The molecule has 2 rings (SSSR count). The number of hydrogen-bond acceptors (Lipinski definition) is 6.